The summed E-state index contributed by atoms with van der Waals surface area (Å²) in [5, 5.41) is 1.08. The average molecular weight is 320 g/mol. The number of benzene rings is 1. The van der Waals surface area contributed by atoms with Crippen LogP contribution < -0.4 is 0 Å². The molecule has 118 valence electrons. The fourth-order valence-corrected chi connectivity index (χ4v) is 4.88. The van der Waals surface area contributed by atoms with Crippen molar-refractivity contribution in [2.45, 2.75) is 25.8 Å². The van der Waals surface area contributed by atoms with Crippen molar-refractivity contribution < 1.29 is 13.2 Å². The number of fused-ring (bicyclic) bond motifs is 1. The molecule has 1 saturated heterocycles. The maximum atomic E-state index is 12.5. The van der Waals surface area contributed by atoms with Crippen LogP contribution in [0.25, 0.3) is 10.9 Å². The Labute approximate surface area is 130 Å². The molecule has 2 heterocycles. The number of nitrogens with one attached hydrogen (secondary N) is 1. The summed E-state index contributed by atoms with van der Waals surface area (Å²) in [5.74, 6) is 0.291. The first-order valence-corrected chi connectivity index (χ1v) is 9.36. The SMILES string of the molecule is CCN(C(=O)Cc1ccc2[nH]ccc2c1)C1CCS(=O)(=O)C1. The van der Waals surface area contributed by atoms with Crippen molar-refractivity contribution in [3.63, 3.8) is 0 Å². The Morgan fingerprint density at radius 1 is 1.36 bits per heavy atom. The number of likely N-dealkylation sites (N-methyl/N-ethyl adjacent to an activating group) is 1. The van der Waals surface area contributed by atoms with Gasteiger partial charge in [0.15, 0.2) is 9.84 Å². The zero-order valence-electron chi connectivity index (χ0n) is 12.6. The molecule has 1 N–H and O–H groups in total. The third kappa shape index (κ3) is 3.02. The van der Waals surface area contributed by atoms with Crippen molar-refractivity contribution in [3.8, 4) is 0 Å². The fraction of sp³-hybridized carbons (Fsp3) is 0.438. The van der Waals surface area contributed by atoms with Crippen molar-refractivity contribution in [3.05, 3.63) is 36.0 Å². The lowest BCUT2D eigenvalue weighted by Gasteiger charge is -2.27. The summed E-state index contributed by atoms with van der Waals surface area (Å²) in [7, 11) is -2.98. The van der Waals surface area contributed by atoms with Gasteiger partial charge in [0.2, 0.25) is 5.91 Å². The molecule has 6 heteroatoms. The smallest absolute Gasteiger partial charge is 0.227 e. The van der Waals surface area contributed by atoms with Crippen LogP contribution >= 0.6 is 0 Å². The Morgan fingerprint density at radius 3 is 2.86 bits per heavy atom. The number of carbonyl (C=O) groups is 1. The number of hydrogen-bond acceptors (Lipinski definition) is 3. The van der Waals surface area contributed by atoms with Crippen LogP contribution in [-0.2, 0) is 21.1 Å². The molecule has 1 unspecified atom stereocenters. The van der Waals surface area contributed by atoms with E-state index in [1.807, 2.05) is 37.4 Å². The van der Waals surface area contributed by atoms with E-state index in [-0.39, 0.29) is 23.5 Å². The van der Waals surface area contributed by atoms with Crippen molar-refractivity contribution in [2.75, 3.05) is 18.1 Å². The Hall–Kier alpha value is -1.82. The van der Waals surface area contributed by atoms with Gasteiger partial charge in [0.25, 0.3) is 0 Å². The van der Waals surface area contributed by atoms with Crippen LogP contribution in [0.5, 0.6) is 0 Å². The minimum Gasteiger partial charge on any atom is -0.361 e. The molecule has 1 atom stereocenters. The maximum absolute atomic E-state index is 12.5. The van der Waals surface area contributed by atoms with E-state index in [1.165, 1.54) is 0 Å². The topological polar surface area (TPSA) is 70.2 Å². The lowest BCUT2D eigenvalue weighted by molar-refractivity contribution is -0.132. The van der Waals surface area contributed by atoms with Crippen molar-refractivity contribution >= 4 is 26.6 Å². The number of aromatic amines is 1. The molecule has 2 aromatic rings. The molecular weight excluding hydrogens is 300 g/mol. The van der Waals surface area contributed by atoms with Gasteiger partial charge in [-0.25, -0.2) is 8.42 Å². The second-order valence-corrected chi connectivity index (χ2v) is 8.04. The molecule has 5 nitrogen and oxygen atoms in total. The predicted octanol–water partition coefficient (Wildman–Crippen LogP) is 1.75. The van der Waals surface area contributed by atoms with Crippen molar-refractivity contribution in [2.24, 2.45) is 0 Å². The molecule has 1 aromatic heterocycles. The standard InChI is InChI=1S/C16H20N2O3S/c1-2-18(14-6-8-22(20,21)11-14)16(19)10-12-3-4-15-13(9-12)5-7-17-15/h3-5,7,9,14,17H,2,6,8,10-11H2,1H3. The molecule has 1 fully saturated rings. The van der Waals surface area contributed by atoms with Gasteiger partial charge >= 0.3 is 0 Å². The third-order valence-corrected chi connectivity index (χ3v) is 6.03. The normalized spacial score (nSPS) is 20.3. The second kappa shape index (κ2) is 5.76. The number of sulfone groups is 1. The van der Waals surface area contributed by atoms with E-state index in [0.717, 1.165) is 16.5 Å². The molecule has 0 saturated carbocycles. The van der Waals surface area contributed by atoms with Gasteiger partial charge in [-0.2, -0.15) is 0 Å². The number of H-pyrrole nitrogens is 1. The zero-order valence-corrected chi connectivity index (χ0v) is 13.4. The van der Waals surface area contributed by atoms with Crippen LogP contribution in [0.4, 0.5) is 0 Å². The molecule has 0 aliphatic carbocycles. The zero-order chi connectivity index (χ0) is 15.7. The van der Waals surface area contributed by atoms with E-state index in [9.17, 15) is 13.2 Å². The number of rotatable bonds is 4. The highest BCUT2D eigenvalue weighted by Crippen LogP contribution is 2.20. The molecule has 1 aliphatic rings. The molecule has 3 rings (SSSR count). The summed E-state index contributed by atoms with van der Waals surface area (Å²) in [6, 6.07) is 7.72. The molecule has 0 radical (unpaired) electrons. The van der Waals surface area contributed by atoms with Gasteiger partial charge < -0.3 is 9.88 Å². The van der Waals surface area contributed by atoms with Gasteiger partial charge in [-0.05, 0) is 42.5 Å². The number of nitrogens with zero attached hydrogens (tertiary/aromatic N) is 1. The molecule has 0 spiro atoms. The highest BCUT2D eigenvalue weighted by atomic mass is 32.2. The molecule has 0 bridgehead atoms. The van der Waals surface area contributed by atoms with E-state index >= 15 is 0 Å². The molecule has 1 aromatic carbocycles. The van der Waals surface area contributed by atoms with Crippen LogP contribution in [-0.4, -0.2) is 48.3 Å². The Bertz CT molecular complexity index is 795. The molecular formula is C16H20N2O3S. The summed E-state index contributed by atoms with van der Waals surface area (Å²) < 4.78 is 23.2. The Balaban J connectivity index is 1.74. The Morgan fingerprint density at radius 2 is 2.18 bits per heavy atom. The first-order valence-electron chi connectivity index (χ1n) is 7.54. The Kier molecular flexibility index (Phi) is 3.95. The average Bonchev–Trinajstić information content (AvgIpc) is 3.05. The molecule has 22 heavy (non-hydrogen) atoms. The van der Waals surface area contributed by atoms with E-state index in [2.05, 4.69) is 4.98 Å². The van der Waals surface area contributed by atoms with Gasteiger partial charge in [-0.3, -0.25) is 4.79 Å². The van der Waals surface area contributed by atoms with Gasteiger partial charge in [0, 0.05) is 24.3 Å². The maximum Gasteiger partial charge on any atom is 0.227 e. The van der Waals surface area contributed by atoms with Crippen LogP contribution in [0.1, 0.15) is 18.9 Å². The van der Waals surface area contributed by atoms with E-state index in [0.29, 0.717) is 19.4 Å². The van der Waals surface area contributed by atoms with Gasteiger partial charge in [-0.15, -0.1) is 0 Å². The van der Waals surface area contributed by atoms with Crippen LogP contribution in [0.3, 0.4) is 0 Å². The summed E-state index contributed by atoms with van der Waals surface area (Å²) in [4.78, 5) is 17.4. The predicted molar refractivity (Wildman–Crippen MR) is 86.4 cm³/mol. The number of hydrogen-bond donors (Lipinski definition) is 1. The first-order chi connectivity index (χ1) is 10.5. The largest absolute Gasteiger partial charge is 0.361 e. The monoisotopic (exact) mass is 320 g/mol. The summed E-state index contributed by atoms with van der Waals surface area (Å²) in [6.45, 7) is 2.45. The van der Waals surface area contributed by atoms with Gasteiger partial charge in [0.1, 0.15) is 0 Å². The fourth-order valence-electron chi connectivity index (χ4n) is 3.15. The minimum atomic E-state index is -2.98. The second-order valence-electron chi connectivity index (χ2n) is 5.81. The van der Waals surface area contributed by atoms with Crippen LogP contribution in [0.2, 0.25) is 0 Å². The third-order valence-electron chi connectivity index (χ3n) is 4.28. The van der Waals surface area contributed by atoms with Crippen LogP contribution in [0.15, 0.2) is 30.5 Å². The van der Waals surface area contributed by atoms with E-state index < -0.39 is 9.84 Å². The summed E-state index contributed by atoms with van der Waals surface area (Å²) >= 11 is 0. The van der Waals surface area contributed by atoms with Gasteiger partial charge in [0.05, 0.1) is 17.9 Å². The van der Waals surface area contributed by atoms with E-state index in [1.54, 1.807) is 4.90 Å². The highest BCUT2D eigenvalue weighted by molar-refractivity contribution is 7.91. The highest BCUT2D eigenvalue weighted by Gasteiger charge is 2.33. The van der Waals surface area contributed by atoms with Crippen molar-refractivity contribution in [1.29, 1.82) is 0 Å². The van der Waals surface area contributed by atoms with Crippen molar-refractivity contribution in [1.82, 2.24) is 9.88 Å². The number of amides is 1. The molecule has 1 aliphatic heterocycles. The van der Waals surface area contributed by atoms with Crippen LogP contribution in [0, 0.1) is 0 Å². The van der Waals surface area contributed by atoms with E-state index in [4.69, 9.17) is 0 Å². The quantitative estimate of drug-likeness (QED) is 0.933. The first kappa shape index (κ1) is 15.1. The number of carbonyl (C=O) groups excluding carboxylic acids is 1. The molecule has 1 amide bonds. The lowest BCUT2D eigenvalue weighted by Crippen LogP contribution is -2.41. The summed E-state index contributed by atoms with van der Waals surface area (Å²) in [6.07, 6.45) is 2.74. The summed E-state index contributed by atoms with van der Waals surface area (Å²) in [5.41, 5.74) is 2.00. The number of aromatic nitrogens is 1. The van der Waals surface area contributed by atoms with Gasteiger partial charge in [-0.1, -0.05) is 6.07 Å². The minimum absolute atomic E-state index is 0.000476. The lowest BCUT2D eigenvalue weighted by atomic mass is 10.1.